The molecule has 2 fully saturated rings. The lowest BCUT2D eigenvalue weighted by molar-refractivity contribution is -0.120. The summed E-state index contributed by atoms with van der Waals surface area (Å²) in [7, 11) is 0. The van der Waals surface area contributed by atoms with Crippen LogP contribution < -0.4 is 25.8 Å². The third-order valence-corrected chi connectivity index (χ3v) is 10.3. The maximum absolute atomic E-state index is 12.8. The number of piperazine rings is 1. The van der Waals surface area contributed by atoms with Crippen molar-refractivity contribution in [3.8, 4) is 11.3 Å². The van der Waals surface area contributed by atoms with Gasteiger partial charge in [0.15, 0.2) is 11.8 Å². The van der Waals surface area contributed by atoms with Gasteiger partial charge in [-0.05, 0) is 74.2 Å². The van der Waals surface area contributed by atoms with Gasteiger partial charge in [-0.25, -0.2) is 19.7 Å². The van der Waals surface area contributed by atoms with Crippen LogP contribution in [0, 0.1) is 12.3 Å². The summed E-state index contributed by atoms with van der Waals surface area (Å²) in [5, 5.41) is 8.92. The average molecular weight is 769 g/mol. The molecule has 2 aliphatic rings. The molecule has 296 valence electrons. The molecule has 13 heteroatoms. The van der Waals surface area contributed by atoms with Crippen molar-refractivity contribution in [3.63, 3.8) is 0 Å². The Hall–Kier alpha value is -6.17. The predicted octanol–water partition coefficient (Wildman–Crippen LogP) is 5.98. The molecule has 0 aliphatic carbocycles. The first-order valence-corrected chi connectivity index (χ1v) is 19.4. The van der Waals surface area contributed by atoms with Gasteiger partial charge in [-0.3, -0.25) is 19.5 Å². The maximum atomic E-state index is 12.8. The minimum atomic E-state index is -0.188. The zero-order chi connectivity index (χ0) is 40.5. The van der Waals surface area contributed by atoms with E-state index in [-0.39, 0.29) is 23.1 Å². The van der Waals surface area contributed by atoms with Crippen LogP contribution in [0.1, 0.15) is 57.7 Å². The van der Waals surface area contributed by atoms with Gasteiger partial charge in [0.05, 0.1) is 17.6 Å². The molecule has 0 spiro atoms. The monoisotopic (exact) mass is 768 g/mol. The van der Waals surface area contributed by atoms with Crippen LogP contribution in [0.5, 0.6) is 0 Å². The predicted molar refractivity (Wildman–Crippen MR) is 226 cm³/mol. The SMILES string of the molecule is C/C=C(\N=C(C)C(=O)NCc1ccc(-c2cc(Nc3ccc(N4CCN(CCc5ccc(N6CCC(=O)NC6=C=O)cc5)CC4)cn3)ncn2)cc1C)C(C)(C)C. The summed E-state index contributed by atoms with van der Waals surface area (Å²) in [5.41, 5.74) is 8.15. The first-order chi connectivity index (χ1) is 27.4. The fourth-order valence-corrected chi connectivity index (χ4v) is 6.90. The minimum Gasteiger partial charge on any atom is -0.368 e. The fraction of sp³-hybridized carbons (Fsp3) is 0.364. The number of anilines is 4. The van der Waals surface area contributed by atoms with Crippen LogP contribution >= 0.6 is 0 Å². The van der Waals surface area contributed by atoms with Gasteiger partial charge >= 0.3 is 0 Å². The maximum Gasteiger partial charge on any atom is 0.265 e. The normalized spacial score (nSPS) is 15.6. The van der Waals surface area contributed by atoms with Gasteiger partial charge in [-0.1, -0.05) is 51.1 Å². The molecule has 2 aliphatic heterocycles. The molecule has 2 amide bonds. The van der Waals surface area contributed by atoms with Gasteiger partial charge in [-0.15, -0.1) is 0 Å². The van der Waals surface area contributed by atoms with Crippen LogP contribution in [-0.4, -0.2) is 82.6 Å². The molecule has 3 N–H and O–H groups in total. The number of hydrogen-bond donors (Lipinski definition) is 3. The number of hydrogen-bond acceptors (Lipinski definition) is 11. The molecular formula is C44H52N10O3. The molecule has 0 bridgehead atoms. The van der Waals surface area contributed by atoms with E-state index >= 15 is 0 Å². The number of allylic oxidation sites excluding steroid dienone is 2. The molecule has 4 aromatic rings. The second-order valence-electron chi connectivity index (χ2n) is 15.4. The number of carbonyl (C=O) groups excluding carboxylic acids is 3. The topological polar surface area (TPSA) is 148 Å². The first-order valence-electron chi connectivity index (χ1n) is 19.4. The summed E-state index contributed by atoms with van der Waals surface area (Å²) in [6.45, 7) is 17.5. The number of benzene rings is 2. The van der Waals surface area contributed by atoms with Crippen molar-refractivity contribution < 1.29 is 14.4 Å². The molecule has 2 saturated heterocycles. The molecule has 0 saturated carbocycles. The van der Waals surface area contributed by atoms with Crippen LogP contribution in [0.25, 0.3) is 11.3 Å². The molecule has 4 heterocycles. The van der Waals surface area contributed by atoms with E-state index in [2.05, 4.69) is 90.7 Å². The fourth-order valence-electron chi connectivity index (χ4n) is 6.90. The highest BCUT2D eigenvalue weighted by Crippen LogP contribution is 2.27. The molecule has 6 rings (SSSR count). The highest BCUT2D eigenvalue weighted by molar-refractivity contribution is 6.38. The van der Waals surface area contributed by atoms with E-state index in [9.17, 15) is 14.4 Å². The van der Waals surface area contributed by atoms with E-state index in [4.69, 9.17) is 0 Å². The summed E-state index contributed by atoms with van der Waals surface area (Å²) in [6.07, 6.45) is 6.66. The number of rotatable bonds is 12. The standard InChI is InChI=1S/C44H52N10O3/c1-7-38(44(4,5)6)49-31(3)43(57)46-26-34-11-10-33(24-30(34)2)37-25-40(48-29-47-37)50-39-15-14-36(27-45-39)53-22-20-52(21-23-53)18-16-32-8-12-35(13-9-32)54-19-17-42(56)51-41(54)28-55/h7-15,24-25,27,29H,16-23,26H2,1-6H3,(H,46,57)(H,51,56)(H,45,47,48,50)/b38-7-,49-31?. The summed E-state index contributed by atoms with van der Waals surface area (Å²) in [4.78, 5) is 60.6. The number of aryl methyl sites for hydroxylation is 1. The summed E-state index contributed by atoms with van der Waals surface area (Å²) in [6, 6.07) is 20.2. The van der Waals surface area contributed by atoms with Crippen molar-refractivity contribution in [1.82, 2.24) is 30.5 Å². The number of nitrogens with zero attached hydrogens (tertiary/aromatic N) is 7. The van der Waals surface area contributed by atoms with E-state index < -0.39 is 0 Å². The Morgan fingerprint density at radius 2 is 1.70 bits per heavy atom. The van der Waals surface area contributed by atoms with Crippen LogP contribution in [0.2, 0.25) is 0 Å². The second-order valence-corrected chi connectivity index (χ2v) is 15.4. The molecule has 57 heavy (non-hydrogen) atoms. The van der Waals surface area contributed by atoms with E-state index in [0.717, 1.165) is 78.6 Å². The van der Waals surface area contributed by atoms with E-state index in [1.165, 1.54) is 5.56 Å². The van der Waals surface area contributed by atoms with Crippen molar-refractivity contribution in [2.45, 2.75) is 60.9 Å². The largest absolute Gasteiger partial charge is 0.368 e. The Morgan fingerprint density at radius 3 is 2.37 bits per heavy atom. The quantitative estimate of drug-likeness (QED) is 0.116. The molecule has 0 radical (unpaired) electrons. The van der Waals surface area contributed by atoms with Crippen molar-refractivity contribution in [3.05, 3.63) is 107 Å². The van der Waals surface area contributed by atoms with Gasteiger partial charge in [0, 0.05) is 80.7 Å². The number of nitrogens with one attached hydrogen (secondary N) is 3. The number of carbonyl (C=O) groups is 2. The average Bonchev–Trinajstić information content (AvgIpc) is 3.21. The Bertz CT molecular complexity index is 2180. The molecule has 2 aromatic heterocycles. The third kappa shape index (κ3) is 10.6. The van der Waals surface area contributed by atoms with Gasteiger partial charge in [0.2, 0.25) is 5.91 Å². The first kappa shape index (κ1) is 40.5. The summed E-state index contributed by atoms with van der Waals surface area (Å²) in [5.74, 6) is 3.01. The smallest absolute Gasteiger partial charge is 0.265 e. The number of aliphatic imine (C=N–C) groups is 1. The van der Waals surface area contributed by atoms with Crippen LogP contribution in [-0.2, 0) is 27.3 Å². The van der Waals surface area contributed by atoms with Gasteiger partial charge in [0.25, 0.3) is 5.91 Å². The lowest BCUT2D eigenvalue weighted by atomic mass is 9.92. The Kier molecular flexibility index (Phi) is 12.9. The van der Waals surface area contributed by atoms with E-state index in [0.29, 0.717) is 36.9 Å². The lowest BCUT2D eigenvalue weighted by Gasteiger charge is -2.36. The zero-order valence-corrected chi connectivity index (χ0v) is 33.7. The number of amides is 2. The van der Waals surface area contributed by atoms with Crippen molar-refractivity contribution >= 4 is 46.5 Å². The summed E-state index contributed by atoms with van der Waals surface area (Å²) >= 11 is 0. The van der Waals surface area contributed by atoms with Crippen LogP contribution in [0.4, 0.5) is 23.0 Å². The molecule has 13 nitrogen and oxygen atoms in total. The number of pyridine rings is 1. The van der Waals surface area contributed by atoms with Gasteiger partial charge in [0.1, 0.15) is 23.7 Å². The number of aromatic nitrogens is 3. The molecular weight excluding hydrogens is 717 g/mol. The van der Waals surface area contributed by atoms with E-state index in [1.807, 2.05) is 68.5 Å². The highest BCUT2D eigenvalue weighted by Gasteiger charge is 2.23. The van der Waals surface area contributed by atoms with Crippen LogP contribution in [0.15, 0.2) is 95.8 Å². The second kappa shape index (κ2) is 18.2. The van der Waals surface area contributed by atoms with Gasteiger partial charge in [-0.2, -0.15) is 0 Å². The Labute approximate surface area is 335 Å². The van der Waals surface area contributed by atoms with Crippen molar-refractivity contribution in [1.29, 1.82) is 0 Å². The van der Waals surface area contributed by atoms with E-state index in [1.54, 1.807) is 18.2 Å². The third-order valence-electron chi connectivity index (χ3n) is 10.3. The Balaban J connectivity index is 0.967. The van der Waals surface area contributed by atoms with Crippen molar-refractivity contribution in [2.24, 2.45) is 10.4 Å². The van der Waals surface area contributed by atoms with Crippen LogP contribution in [0.3, 0.4) is 0 Å². The molecule has 2 aromatic carbocycles. The minimum absolute atomic E-state index is 0.140. The van der Waals surface area contributed by atoms with Crippen molar-refractivity contribution in [2.75, 3.05) is 54.4 Å². The summed E-state index contributed by atoms with van der Waals surface area (Å²) < 4.78 is 0. The zero-order valence-electron chi connectivity index (χ0n) is 33.7. The lowest BCUT2D eigenvalue weighted by Crippen LogP contribution is -2.47. The molecule has 0 atom stereocenters. The Morgan fingerprint density at radius 1 is 0.947 bits per heavy atom. The molecule has 0 unspecified atom stereocenters. The highest BCUT2D eigenvalue weighted by atomic mass is 16.2. The van der Waals surface area contributed by atoms with Gasteiger partial charge < -0.3 is 25.8 Å².